The number of amides is 3. The molecule has 0 saturated heterocycles. The second-order valence-electron chi connectivity index (χ2n) is 5.63. The van der Waals surface area contributed by atoms with Crippen molar-refractivity contribution in [3.05, 3.63) is 0 Å². The molecular formula is C14H25N3O4. The van der Waals surface area contributed by atoms with Crippen molar-refractivity contribution in [3.63, 3.8) is 0 Å². The zero-order valence-corrected chi connectivity index (χ0v) is 12.5. The Labute approximate surface area is 124 Å². The fourth-order valence-corrected chi connectivity index (χ4v) is 2.39. The number of urea groups is 1. The van der Waals surface area contributed by atoms with Crippen LogP contribution in [0.5, 0.6) is 0 Å². The van der Waals surface area contributed by atoms with Gasteiger partial charge in [0.2, 0.25) is 5.91 Å². The molecule has 1 aliphatic carbocycles. The first-order valence-corrected chi connectivity index (χ1v) is 7.48. The summed E-state index contributed by atoms with van der Waals surface area (Å²) in [5.74, 6) is -0.914. The Morgan fingerprint density at radius 2 is 1.81 bits per heavy atom. The largest absolute Gasteiger partial charge is 0.481 e. The van der Waals surface area contributed by atoms with Crippen molar-refractivity contribution >= 4 is 17.9 Å². The lowest BCUT2D eigenvalue weighted by molar-refractivity contribution is -0.141. The van der Waals surface area contributed by atoms with Gasteiger partial charge in [-0.3, -0.25) is 9.59 Å². The molecule has 0 heterocycles. The van der Waals surface area contributed by atoms with Gasteiger partial charge in [-0.25, -0.2) is 4.79 Å². The summed E-state index contributed by atoms with van der Waals surface area (Å²) in [6, 6.07) is -0.352. The Kier molecular flexibility index (Phi) is 6.98. The second kappa shape index (κ2) is 8.49. The van der Waals surface area contributed by atoms with Gasteiger partial charge in [0.05, 0.1) is 6.42 Å². The van der Waals surface area contributed by atoms with Gasteiger partial charge < -0.3 is 21.1 Å². The van der Waals surface area contributed by atoms with Crippen LogP contribution in [0.3, 0.4) is 0 Å². The van der Waals surface area contributed by atoms with Crippen LogP contribution in [0, 0.1) is 5.41 Å². The highest BCUT2D eigenvalue weighted by Gasteiger charge is 2.39. The van der Waals surface area contributed by atoms with Crippen molar-refractivity contribution in [2.75, 3.05) is 19.6 Å². The van der Waals surface area contributed by atoms with Gasteiger partial charge in [-0.15, -0.1) is 0 Å². The molecule has 0 aromatic heterocycles. The van der Waals surface area contributed by atoms with Crippen molar-refractivity contribution < 1.29 is 19.5 Å². The summed E-state index contributed by atoms with van der Waals surface area (Å²) < 4.78 is 0. The molecule has 0 aliphatic heterocycles. The number of hydrogen-bond acceptors (Lipinski definition) is 3. The maximum absolute atomic E-state index is 11.6. The molecule has 0 radical (unpaired) electrons. The molecule has 0 aromatic rings. The Morgan fingerprint density at radius 3 is 2.33 bits per heavy atom. The van der Waals surface area contributed by atoms with E-state index in [-0.39, 0.29) is 36.7 Å². The monoisotopic (exact) mass is 299 g/mol. The summed E-state index contributed by atoms with van der Waals surface area (Å²) >= 11 is 0. The Balaban J connectivity index is 2.16. The van der Waals surface area contributed by atoms with Crippen LogP contribution < -0.4 is 16.0 Å². The Hall–Kier alpha value is -1.79. The smallest absolute Gasteiger partial charge is 0.314 e. The number of rotatable bonds is 9. The minimum Gasteiger partial charge on any atom is -0.481 e. The molecule has 7 heteroatoms. The number of carboxylic acid groups (broad SMARTS) is 1. The van der Waals surface area contributed by atoms with E-state index in [1.165, 1.54) is 0 Å². The lowest BCUT2D eigenvalue weighted by atomic mass is 9.66. The number of hydrogen-bond donors (Lipinski definition) is 4. The molecule has 4 N–H and O–H groups in total. The first kappa shape index (κ1) is 17.3. The molecule has 3 amide bonds. The van der Waals surface area contributed by atoms with Crippen LogP contribution in [0.15, 0.2) is 0 Å². The Bertz CT molecular complexity index is 380. The average Bonchev–Trinajstić information content (AvgIpc) is 2.39. The number of carbonyl (C=O) groups excluding carboxylic acids is 2. The van der Waals surface area contributed by atoms with E-state index in [1.807, 2.05) is 6.92 Å². The van der Waals surface area contributed by atoms with Crippen molar-refractivity contribution in [1.82, 2.24) is 16.0 Å². The second-order valence-corrected chi connectivity index (χ2v) is 5.63. The Morgan fingerprint density at radius 1 is 1.10 bits per heavy atom. The lowest BCUT2D eigenvalue weighted by Crippen LogP contribution is -2.47. The highest BCUT2D eigenvalue weighted by atomic mass is 16.4. The lowest BCUT2D eigenvalue weighted by Gasteiger charge is -2.40. The SMILES string of the molecule is CCCNC(=O)CCNC(=O)NCC1(CC(=O)O)CCC1. The predicted octanol–water partition coefficient (Wildman–Crippen LogP) is 0.847. The number of carbonyl (C=O) groups is 3. The molecule has 21 heavy (non-hydrogen) atoms. The van der Waals surface area contributed by atoms with E-state index in [2.05, 4.69) is 16.0 Å². The molecule has 0 aromatic carbocycles. The molecule has 0 unspecified atom stereocenters. The van der Waals surface area contributed by atoms with E-state index >= 15 is 0 Å². The molecule has 0 bridgehead atoms. The maximum atomic E-state index is 11.6. The summed E-state index contributed by atoms with van der Waals surface area (Å²) in [4.78, 5) is 33.8. The summed E-state index contributed by atoms with van der Waals surface area (Å²) in [5, 5.41) is 16.9. The highest BCUT2D eigenvalue weighted by Crippen LogP contribution is 2.43. The first-order chi connectivity index (χ1) is 9.97. The fraction of sp³-hybridized carbons (Fsp3) is 0.786. The van der Waals surface area contributed by atoms with Gasteiger partial charge in [0, 0.05) is 26.1 Å². The van der Waals surface area contributed by atoms with Gasteiger partial charge in [0.25, 0.3) is 0 Å². The number of carboxylic acids is 1. The molecule has 1 aliphatic rings. The number of nitrogens with one attached hydrogen (secondary N) is 3. The fourth-order valence-electron chi connectivity index (χ4n) is 2.39. The topological polar surface area (TPSA) is 108 Å². The maximum Gasteiger partial charge on any atom is 0.314 e. The van der Waals surface area contributed by atoms with Gasteiger partial charge in [-0.05, 0) is 24.7 Å². The predicted molar refractivity (Wildman–Crippen MR) is 77.9 cm³/mol. The highest BCUT2D eigenvalue weighted by molar-refractivity contribution is 5.78. The molecule has 7 nitrogen and oxygen atoms in total. The van der Waals surface area contributed by atoms with E-state index in [0.29, 0.717) is 13.1 Å². The van der Waals surface area contributed by atoms with E-state index in [4.69, 9.17) is 5.11 Å². The molecule has 0 atom stereocenters. The van der Waals surface area contributed by atoms with Crippen LogP contribution in [0.4, 0.5) is 4.79 Å². The summed E-state index contributed by atoms with van der Waals surface area (Å²) in [5.41, 5.74) is -0.290. The molecule has 1 saturated carbocycles. The van der Waals surface area contributed by atoms with Crippen LogP contribution >= 0.6 is 0 Å². The molecule has 1 rings (SSSR count). The standard InChI is InChI=1S/C14H25N3O4/c1-2-7-15-11(18)4-8-16-13(21)17-10-14(5-3-6-14)9-12(19)20/h2-10H2,1H3,(H,15,18)(H,19,20)(H2,16,17,21). The molecule has 120 valence electrons. The van der Waals surface area contributed by atoms with Crippen molar-refractivity contribution in [3.8, 4) is 0 Å². The van der Waals surface area contributed by atoms with Crippen molar-refractivity contribution in [1.29, 1.82) is 0 Å². The third-order valence-corrected chi connectivity index (χ3v) is 3.77. The number of aliphatic carboxylic acids is 1. The van der Waals surface area contributed by atoms with Crippen LogP contribution in [0.25, 0.3) is 0 Å². The minimum absolute atomic E-state index is 0.0847. The van der Waals surface area contributed by atoms with Crippen molar-refractivity contribution in [2.24, 2.45) is 5.41 Å². The normalized spacial score (nSPS) is 15.7. The van der Waals surface area contributed by atoms with E-state index in [1.54, 1.807) is 0 Å². The summed E-state index contributed by atoms with van der Waals surface area (Å²) in [6.07, 6.45) is 3.89. The van der Waals surface area contributed by atoms with Gasteiger partial charge in [0.1, 0.15) is 0 Å². The summed E-state index contributed by atoms with van der Waals surface area (Å²) in [7, 11) is 0. The van der Waals surface area contributed by atoms with Crippen LogP contribution in [-0.2, 0) is 9.59 Å². The third-order valence-electron chi connectivity index (χ3n) is 3.77. The van der Waals surface area contributed by atoms with E-state index in [0.717, 1.165) is 25.7 Å². The van der Waals surface area contributed by atoms with Crippen LogP contribution in [0.2, 0.25) is 0 Å². The zero-order valence-electron chi connectivity index (χ0n) is 12.5. The average molecular weight is 299 g/mol. The van der Waals surface area contributed by atoms with Gasteiger partial charge >= 0.3 is 12.0 Å². The first-order valence-electron chi connectivity index (χ1n) is 7.48. The van der Waals surface area contributed by atoms with Gasteiger partial charge in [-0.2, -0.15) is 0 Å². The van der Waals surface area contributed by atoms with Gasteiger partial charge in [-0.1, -0.05) is 13.3 Å². The van der Waals surface area contributed by atoms with E-state index in [9.17, 15) is 14.4 Å². The minimum atomic E-state index is -0.829. The quantitative estimate of drug-likeness (QED) is 0.506. The molecule has 0 spiro atoms. The van der Waals surface area contributed by atoms with E-state index < -0.39 is 5.97 Å². The van der Waals surface area contributed by atoms with Crippen LogP contribution in [0.1, 0.15) is 45.4 Å². The zero-order chi connectivity index (χ0) is 15.7. The molecule has 1 fully saturated rings. The molecular weight excluding hydrogens is 274 g/mol. The van der Waals surface area contributed by atoms with Gasteiger partial charge in [0.15, 0.2) is 0 Å². The third kappa shape index (κ3) is 6.46. The van der Waals surface area contributed by atoms with Crippen molar-refractivity contribution in [2.45, 2.75) is 45.4 Å². The summed E-state index contributed by atoms with van der Waals surface area (Å²) in [6.45, 7) is 3.25. The van der Waals surface area contributed by atoms with Crippen LogP contribution in [-0.4, -0.2) is 42.6 Å².